The normalized spacial score (nSPS) is 20.8. The Morgan fingerprint density at radius 1 is 1.56 bits per heavy atom. The molecule has 2 atom stereocenters. The van der Waals surface area contributed by atoms with Gasteiger partial charge in [0.15, 0.2) is 0 Å². The fraction of sp³-hybridized carbons (Fsp3) is 0.818. The molecule has 1 aliphatic rings. The number of urea groups is 1. The molecular formula is C11H20N2O4S. The number of thioether (sulfide) groups is 1. The molecule has 0 aromatic carbocycles. The van der Waals surface area contributed by atoms with Crippen LogP contribution in [0.4, 0.5) is 4.79 Å². The molecule has 1 aliphatic heterocycles. The van der Waals surface area contributed by atoms with Crippen molar-refractivity contribution in [3.63, 3.8) is 0 Å². The fourth-order valence-electron chi connectivity index (χ4n) is 2.02. The van der Waals surface area contributed by atoms with Crippen LogP contribution in [0.15, 0.2) is 0 Å². The van der Waals surface area contributed by atoms with Gasteiger partial charge in [-0.05, 0) is 31.3 Å². The molecule has 1 saturated heterocycles. The highest BCUT2D eigenvalue weighted by Crippen LogP contribution is 2.16. The molecule has 0 aromatic rings. The number of hydrogen-bond acceptors (Lipinski definition) is 4. The van der Waals surface area contributed by atoms with Gasteiger partial charge in [-0.2, -0.15) is 11.8 Å². The number of hydrogen-bond donors (Lipinski definition) is 3. The first-order valence-corrected chi connectivity index (χ1v) is 7.39. The van der Waals surface area contributed by atoms with E-state index in [1.54, 1.807) is 11.8 Å². The molecule has 1 heterocycles. The summed E-state index contributed by atoms with van der Waals surface area (Å²) in [7, 11) is 0. The van der Waals surface area contributed by atoms with Crippen molar-refractivity contribution >= 4 is 23.8 Å². The van der Waals surface area contributed by atoms with Crippen molar-refractivity contribution in [3.05, 3.63) is 0 Å². The first-order chi connectivity index (χ1) is 8.60. The third-order valence-corrected chi connectivity index (χ3v) is 3.70. The second kappa shape index (κ2) is 7.48. The molecule has 0 aromatic heterocycles. The van der Waals surface area contributed by atoms with E-state index < -0.39 is 12.0 Å². The number of aliphatic carboxylic acids is 1. The monoisotopic (exact) mass is 276 g/mol. The van der Waals surface area contributed by atoms with Gasteiger partial charge in [-0.25, -0.2) is 9.59 Å². The molecule has 2 unspecified atom stereocenters. The number of nitrogens with one attached hydrogen (secondary N) is 1. The van der Waals surface area contributed by atoms with E-state index in [-0.39, 0.29) is 18.7 Å². The second-order valence-corrected chi connectivity index (χ2v) is 5.28. The Morgan fingerprint density at radius 3 is 2.83 bits per heavy atom. The average Bonchev–Trinajstić information content (AvgIpc) is 2.82. The Bertz CT molecular complexity index is 301. The van der Waals surface area contributed by atoms with E-state index in [1.165, 1.54) is 4.90 Å². The highest BCUT2D eigenvalue weighted by Gasteiger charge is 2.30. The number of carboxylic acid groups (broad SMARTS) is 1. The van der Waals surface area contributed by atoms with Crippen molar-refractivity contribution in [2.45, 2.75) is 31.3 Å². The summed E-state index contributed by atoms with van der Waals surface area (Å²) in [4.78, 5) is 24.5. The van der Waals surface area contributed by atoms with Gasteiger partial charge in [0.2, 0.25) is 0 Å². The Morgan fingerprint density at radius 2 is 2.28 bits per heavy atom. The molecule has 1 rings (SSSR count). The van der Waals surface area contributed by atoms with Crippen LogP contribution in [-0.4, -0.2) is 64.4 Å². The molecule has 1 fully saturated rings. The second-order valence-electron chi connectivity index (χ2n) is 4.29. The summed E-state index contributed by atoms with van der Waals surface area (Å²) >= 11 is 1.54. The molecule has 2 amide bonds. The quantitative estimate of drug-likeness (QED) is 0.651. The number of nitrogens with zero attached hydrogens (tertiary/aromatic N) is 1. The number of amides is 2. The molecule has 0 aliphatic carbocycles. The van der Waals surface area contributed by atoms with E-state index in [1.807, 2.05) is 6.26 Å². The number of rotatable bonds is 6. The molecule has 104 valence electrons. The third kappa shape index (κ3) is 4.06. The van der Waals surface area contributed by atoms with Crippen molar-refractivity contribution in [2.24, 2.45) is 0 Å². The van der Waals surface area contributed by atoms with E-state index >= 15 is 0 Å². The van der Waals surface area contributed by atoms with Crippen LogP contribution < -0.4 is 5.32 Å². The SMILES string of the molecule is CSCCC(NC(=O)N1CCCC1CO)C(=O)O. The van der Waals surface area contributed by atoms with E-state index in [2.05, 4.69) is 5.32 Å². The Balaban J connectivity index is 2.52. The van der Waals surface area contributed by atoms with E-state index in [9.17, 15) is 9.59 Å². The van der Waals surface area contributed by atoms with Crippen molar-refractivity contribution in [2.75, 3.05) is 25.2 Å². The van der Waals surface area contributed by atoms with Crippen molar-refractivity contribution in [1.82, 2.24) is 10.2 Å². The van der Waals surface area contributed by atoms with Gasteiger partial charge >= 0.3 is 12.0 Å². The van der Waals surface area contributed by atoms with Gasteiger partial charge in [0, 0.05) is 6.54 Å². The molecule has 0 spiro atoms. The first kappa shape index (κ1) is 15.1. The average molecular weight is 276 g/mol. The summed E-state index contributed by atoms with van der Waals surface area (Å²) in [6.07, 6.45) is 3.91. The number of aliphatic hydroxyl groups excluding tert-OH is 1. The molecular weight excluding hydrogens is 256 g/mol. The van der Waals surface area contributed by atoms with Gasteiger partial charge in [-0.15, -0.1) is 0 Å². The molecule has 0 bridgehead atoms. The predicted molar refractivity (Wildman–Crippen MR) is 69.8 cm³/mol. The molecule has 7 heteroatoms. The van der Waals surface area contributed by atoms with Gasteiger partial charge in [0.05, 0.1) is 12.6 Å². The summed E-state index contributed by atoms with van der Waals surface area (Å²) in [6.45, 7) is 0.502. The van der Waals surface area contributed by atoms with Gasteiger partial charge in [0.1, 0.15) is 6.04 Å². The molecule has 3 N–H and O–H groups in total. The van der Waals surface area contributed by atoms with Crippen LogP contribution in [0.2, 0.25) is 0 Å². The van der Waals surface area contributed by atoms with E-state index in [4.69, 9.17) is 10.2 Å². The lowest BCUT2D eigenvalue weighted by atomic mass is 10.2. The van der Waals surface area contributed by atoms with Crippen LogP contribution in [0.3, 0.4) is 0 Å². The smallest absolute Gasteiger partial charge is 0.326 e. The van der Waals surface area contributed by atoms with Gasteiger partial charge in [-0.1, -0.05) is 0 Å². The summed E-state index contributed by atoms with van der Waals surface area (Å²) in [5.41, 5.74) is 0. The predicted octanol–water partition coefficient (Wildman–Crippen LogP) is 0.359. The van der Waals surface area contributed by atoms with Crippen LogP contribution in [0.25, 0.3) is 0 Å². The van der Waals surface area contributed by atoms with Gasteiger partial charge in [-0.3, -0.25) is 0 Å². The van der Waals surface area contributed by atoms with E-state index in [0.717, 1.165) is 12.8 Å². The Kier molecular flexibility index (Phi) is 6.28. The number of aliphatic hydroxyl groups is 1. The van der Waals surface area contributed by atoms with Crippen LogP contribution in [0.5, 0.6) is 0 Å². The van der Waals surface area contributed by atoms with Crippen molar-refractivity contribution in [3.8, 4) is 0 Å². The van der Waals surface area contributed by atoms with Crippen LogP contribution in [-0.2, 0) is 4.79 Å². The number of likely N-dealkylation sites (tertiary alicyclic amines) is 1. The molecule has 6 nitrogen and oxygen atoms in total. The van der Waals surface area contributed by atoms with Crippen molar-refractivity contribution in [1.29, 1.82) is 0 Å². The first-order valence-electron chi connectivity index (χ1n) is 6.00. The minimum Gasteiger partial charge on any atom is -0.480 e. The lowest BCUT2D eigenvalue weighted by Gasteiger charge is -2.25. The largest absolute Gasteiger partial charge is 0.480 e. The topological polar surface area (TPSA) is 89.9 Å². The van der Waals surface area contributed by atoms with Crippen LogP contribution in [0, 0.1) is 0 Å². The zero-order chi connectivity index (χ0) is 13.5. The highest BCUT2D eigenvalue weighted by molar-refractivity contribution is 7.98. The van der Waals surface area contributed by atoms with E-state index in [0.29, 0.717) is 18.7 Å². The summed E-state index contributed by atoms with van der Waals surface area (Å²) in [6, 6.07) is -1.43. The number of carbonyl (C=O) groups excluding carboxylic acids is 1. The fourth-order valence-corrected chi connectivity index (χ4v) is 2.49. The maximum absolute atomic E-state index is 11.9. The maximum atomic E-state index is 11.9. The Labute approximate surface area is 111 Å². The third-order valence-electron chi connectivity index (χ3n) is 3.06. The standard InChI is InChI=1S/C11H20N2O4S/c1-18-6-4-9(10(15)16)12-11(17)13-5-2-3-8(13)7-14/h8-9,14H,2-7H2,1H3,(H,12,17)(H,15,16). The van der Waals surface area contributed by atoms with Crippen LogP contribution in [0.1, 0.15) is 19.3 Å². The summed E-state index contributed by atoms with van der Waals surface area (Å²) in [5, 5.41) is 20.7. The highest BCUT2D eigenvalue weighted by atomic mass is 32.2. The summed E-state index contributed by atoms with van der Waals surface area (Å²) in [5.74, 6) is -0.335. The zero-order valence-electron chi connectivity index (χ0n) is 10.5. The lowest BCUT2D eigenvalue weighted by Crippen LogP contribution is -2.50. The molecule has 0 saturated carbocycles. The molecule has 18 heavy (non-hydrogen) atoms. The zero-order valence-corrected chi connectivity index (χ0v) is 11.3. The van der Waals surface area contributed by atoms with Crippen LogP contribution >= 0.6 is 11.8 Å². The maximum Gasteiger partial charge on any atom is 0.326 e. The molecule has 0 radical (unpaired) electrons. The van der Waals surface area contributed by atoms with Crippen molar-refractivity contribution < 1.29 is 19.8 Å². The Hall–Kier alpha value is -0.950. The minimum absolute atomic E-state index is 0.0734. The van der Waals surface area contributed by atoms with Gasteiger partial charge in [0.25, 0.3) is 0 Å². The number of carbonyl (C=O) groups is 2. The minimum atomic E-state index is -1.02. The number of carboxylic acids is 1. The summed E-state index contributed by atoms with van der Waals surface area (Å²) < 4.78 is 0. The van der Waals surface area contributed by atoms with Gasteiger partial charge < -0.3 is 20.4 Å². The lowest BCUT2D eigenvalue weighted by molar-refractivity contribution is -0.139.